The zero-order valence-electron chi connectivity index (χ0n) is 9.42. The SMILES string of the molecule is CNCC(=O)N(C)C1CCN(C)CC1. The molecule has 1 heterocycles. The third-order valence-corrected chi connectivity index (χ3v) is 2.96. The molecule has 4 nitrogen and oxygen atoms in total. The van der Waals surface area contributed by atoms with E-state index in [9.17, 15) is 4.79 Å². The maximum atomic E-state index is 11.6. The Labute approximate surface area is 86.2 Å². The van der Waals surface area contributed by atoms with Gasteiger partial charge in [-0.1, -0.05) is 0 Å². The second-order valence-electron chi connectivity index (χ2n) is 4.07. The molecule has 0 radical (unpaired) electrons. The highest BCUT2D eigenvalue weighted by atomic mass is 16.2. The van der Waals surface area contributed by atoms with E-state index in [1.165, 1.54) is 0 Å². The number of likely N-dealkylation sites (N-methyl/N-ethyl adjacent to an activating group) is 2. The molecule has 14 heavy (non-hydrogen) atoms. The Morgan fingerprint density at radius 1 is 1.50 bits per heavy atom. The molecule has 1 N–H and O–H groups in total. The van der Waals surface area contributed by atoms with E-state index in [-0.39, 0.29) is 5.91 Å². The third-order valence-electron chi connectivity index (χ3n) is 2.96. The first-order valence-electron chi connectivity index (χ1n) is 5.24. The van der Waals surface area contributed by atoms with Crippen LogP contribution < -0.4 is 5.32 Å². The van der Waals surface area contributed by atoms with E-state index in [1.807, 2.05) is 11.9 Å². The molecule has 0 saturated carbocycles. The van der Waals surface area contributed by atoms with Crippen LogP contribution in [0.25, 0.3) is 0 Å². The molecule has 0 bridgehead atoms. The normalized spacial score (nSPS) is 19.6. The number of likely N-dealkylation sites (tertiary alicyclic amines) is 1. The molecule has 0 aromatic carbocycles. The average molecular weight is 199 g/mol. The summed E-state index contributed by atoms with van der Waals surface area (Å²) in [6, 6.07) is 0.437. The molecular formula is C10H21N3O. The highest BCUT2D eigenvalue weighted by Crippen LogP contribution is 2.13. The zero-order chi connectivity index (χ0) is 10.6. The van der Waals surface area contributed by atoms with E-state index in [2.05, 4.69) is 17.3 Å². The minimum Gasteiger partial charge on any atom is -0.342 e. The highest BCUT2D eigenvalue weighted by molar-refractivity contribution is 5.78. The molecule has 0 atom stereocenters. The average Bonchev–Trinajstić information content (AvgIpc) is 2.18. The first kappa shape index (κ1) is 11.5. The standard InChI is InChI=1S/C10H21N3O/c1-11-8-10(14)13(3)9-4-6-12(2)7-5-9/h9,11H,4-8H2,1-3H3. The van der Waals surface area contributed by atoms with Crippen molar-refractivity contribution in [1.82, 2.24) is 15.1 Å². The van der Waals surface area contributed by atoms with Crippen molar-refractivity contribution in [3.05, 3.63) is 0 Å². The third kappa shape index (κ3) is 2.96. The van der Waals surface area contributed by atoms with E-state index in [0.717, 1.165) is 25.9 Å². The van der Waals surface area contributed by atoms with E-state index >= 15 is 0 Å². The first-order valence-corrected chi connectivity index (χ1v) is 5.24. The van der Waals surface area contributed by atoms with Crippen molar-refractivity contribution >= 4 is 5.91 Å². The Bertz CT molecular complexity index is 188. The number of rotatable bonds is 3. The molecule has 0 aromatic rings. The van der Waals surface area contributed by atoms with Crippen LogP contribution in [0.5, 0.6) is 0 Å². The van der Waals surface area contributed by atoms with Gasteiger partial charge in [0.15, 0.2) is 0 Å². The summed E-state index contributed by atoms with van der Waals surface area (Å²) in [5.41, 5.74) is 0. The summed E-state index contributed by atoms with van der Waals surface area (Å²) < 4.78 is 0. The summed E-state index contributed by atoms with van der Waals surface area (Å²) in [6.45, 7) is 2.65. The first-order chi connectivity index (χ1) is 6.65. The van der Waals surface area contributed by atoms with Gasteiger partial charge in [-0.2, -0.15) is 0 Å². The Morgan fingerprint density at radius 2 is 2.07 bits per heavy atom. The Hall–Kier alpha value is -0.610. The van der Waals surface area contributed by atoms with Crippen LogP contribution in [0.2, 0.25) is 0 Å². The lowest BCUT2D eigenvalue weighted by molar-refractivity contribution is -0.131. The van der Waals surface area contributed by atoms with Gasteiger partial charge in [-0.05, 0) is 40.0 Å². The maximum Gasteiger partial charge on any atom is 0.236 e. The Morgan fingerprint density at radius 3 is 2.57 bits per heavy atom. The van der Waals surface area contributed by atoms with Crippen molar-refractivity contribution in [3.8, 4) is 0 Å². The fraction of sp³-hybridized carbons (Fsp3) is 0.900. The minimum absolute atomic E-state index is 0.196. The number of hydrogen-bond acceptors (Lipinski definition) is 3. The summed E-state index contributed by atoms with van der Waals surface area (Å²) >= 11 is 0. The molecule has 0 aromatic heterocycles. The van der Waals surface area contributed by atoms with E-state index in [1.54, 1.807) is 7.05 Å². The quantitative estimate of drug-likeness (QED) is 0.681. The minimum atomic E-state index is 0.196. The Balaban J connectivity index is 2.37. The van der Waals surface area contributed by atoms with E-state index in [0.29, 0.717) is 12.6 Å². The predicted octanol–water partition coefficient (Wildman–Crippen LogP) is -0.242. The van der Waals surface area contributed by atoms with Gasteiger partial charge in [0, 0.05) is 13.1 Å². The van der Waals surface area contributed by atoms with Crippen LogP contribution in [0.3, 0.4) is 0 Å². The summed E-state index contributed by atoms with van der Waals surface area (Å²) in [7, 11) is 5.85. The number of amides is 1. The maximum absolute atomic E-state index is 11.6. The molecule has 1 aliphatic rings. The van der Waals surface area contributed by atoms with E-state index in [4.69, 9.17) is 0 Å². The molecule has 0 aliphatic carbocycles. The largest absolute Gasteiger partial charge is 0.342 e. The van der Waals surface area contributed by atoms with Gasteiger partial charge in [-0.25, -0.2) is 0 Å². The molecule has 0 spiro atoms. The van der Waals surface area contributed by atoms with Gasteiger partial charge in [-0.15, -0.1) is 0 Å². The monoisotopic (exact) mass is 199 g/mol. The van der Waals surface area contributed by atoms with Crippen LogP contribution in [0, 0.1) is 0 Å². The molecule has 4 heteroatoms. The molecule has 1 aliphatic heterocycles. The molecule has 1 fully saturated rings. The Kier molecular flexibility index (Phi) is 4.35. The number of piperidine rings is 1. The molecule has 1 rings (SSSR count). The summed E-state index contributed by atoms with van der Waals surface area (Å²) in [4.78, 5) is 15.8. The molecular weight excluding hydrogens is 178 g/mol. The van der Waals surface area contributed by atoms with Crippen LogP contribution in [0.1, 0.15) is 12.8 Å². The van der Waals surface area contributed by atoms with Crippen LogP contribution in [0.15, 0.2) is 0 Å². The van der Waals surface area contributed by atoms with Gasteiger partial charge < -0.3 is 15.1 Å². The lowest BCUT2D eigenvalue weighted by Crippen LogP contribution is -2.46. The van der Waals surface area contributed by atoms with Crippen molar-refractivity contribution in [2.45, 2.75) is 18.9 Å². The van der Waals surface area contributed by atoms with Crippen molar-refractivity contribution in [1.29, 1.82) is 0 Å². The second kappa shape index (κ2) is 5.32. The molecule has 0 unspecified atom stereocenters. The van der Waals surface area contributed by atoms with Gasteiger partial charge in [0.1, 0.15) is 0 Å². The van der Waals surface area contributed by atoms with Gasteiger partial charge in [-0.3, -0.25) is 4.79 Å². The lowest BCUT2D eigenvalue weighted by atomic mass is 10.0. The van der Waals surface area contributed by atoms with Crippen LogP contribution >= 0.6 is 0 Å². The second-order valence-corrected chi connectivity index (χ2v) is 4.07. The van der Waals surface area contributed by atoms with Crippen LogP contribution in [-0.2, 0) is 4.79 Å². The van der Waals surface area contributed by atoms with Crippen molar-refractivity contribution in [2.24, 2.45) is 0 Å². The molecule has 82 valence electrons. The number of nitrogens with zero attached hydrogens (tertiary/aromatic N) is 2. The van der Waals surface area contributed by atoms with Gasteiger partial charge in [0.05, 0.1) is 6.54 Å². The van der Waals surface area contributed by atoms with Gasteiger partial charge >= 0.3 is 0 Å². The van der Waals surface area contributed by atoms with Crippen LogP contribution in [0.4, 0.5) is 0 Å². The lowest BCUT2D eigenvalue weighted by Gasteiger charge is -2.35. The fourth-order valence-electron chi connectivity index (χ4n) is 1.86. The summed E-state index contributed by atoms with van der Waals surface area (Å²) in [5.74, 6) is 0.196. The summed E-state index contributed by atoms with van der Waals surface area (Å²) in [5, 5.41) is 2.89. The topological polar surface area (TPSA) is 35.6 Å². The van der Waals surface area contributed by atoms with Gasteiger partial charge in [0.25, 0.3) is 0 Å². The van der Waals surface area contributed by atoms with Crippen molar-refractivity contribution in [3.63, 3.8) is 0 Å². The predicted molar refractivity (Wildman–Crippen MR) is 57.2 cm³/mol. The van der Waals surface area contributed by atoms with Crippen LogP contribution in [-0.4, -0.2) is 62.5 Å². The zero-order valence-corrected chi connectivity index (χ0v) is 9.42. The summed E-state index contributed by atoms with van der Waals surface area (Å²) in [6.07, 6.45) is 2.20. The number of carbonyl (C=O) groups is 1. The fourth-order valence-corrected chi connectivity index (χ4v) is 1.86. The van der Waals surface area contributed by atoms with Crippen molar-refractivity contribution in [2.75, 3.05) is 40.8 Å². The van der Waals surface area contributed by atoms with Crippen molar-refractivity contribution < 1.29 is 4.79 Å². The molecule has 1 amide bonds. The number of nitrogens with one attached hydrogen (secondary N) is 1. The molecule has 1 saturated heterocycles. The highest BCUT2D eigenvalue weighted by Gasteiger charge is 2.23. The van der Waals surface area contributed by atoms with E-state index < -0.39 is 0 Å². The van der Waals surface area contributed by atoms with Gasteiger partial charge in [0.2, 0.25) is 5.91 Å². The smallest absolute Gasteiger partial charge is 0.236 e. The number of carbonyl (C=O) groups excluding carboxylic acids is 1. The number of hydrogen-bond donors (Lipinski definition) is 1.